The van der Waals surface area contributed by atoms with Crippen LogP contribution in [0.3, 0.4) is 0 Å². The highest BCUT2D eigenvalue weighted by molar-refractivity contribution is 7.08. The van der Waals surface area contributed by atoms with E-state index in [0.29, 0.717) is 18.9 Å². The van der Waals surface area contributed by atoms with Gasteiger partial charge in [0.2, 0.25) is 5.91 Å². The molecule has 0 aliphatic carbocycles. The van der Waals surface area contributed by atoms with Crippen LogP contribution in [0.2, 0.25) is 0 Å². The van der Waals surface area contributed by atoms with Crippen LogP contribution in [0.1, 0.15) is 30.4 Å². The number of nitrogens with one attached hydrogen (secondary N) is 2. The van der Waals surface area contributed by atoms with Gasteiger partial charge >= 0.3 is 6.03 Å². The molecule has 0 unspecified atom stereocenters. The number of thiophene rings is 1. The van der Waals surface area contributed by atoms with Crippen molar-refractivity contribution in [3.05, 3.63) is 52.2 Å². The van der Waals surface area contributed by atoms with Gasteiger partial charge in [0, 0.05) is 25.3 Å². The number of hydrogen-bond donors (Lipinski definition) is 2. The van der Waals surface area contributed by atoms with Crippen molar-refractivity contribution >= 4 is 29.0 Å². The molecule has 3 rings (SSSR count). The van der Waals surface area contributed by atoms with Gasteiger partial charge in [-0.1, -0.05) is 12.1 Å². The van der Waals surface area contributed by atoms with E-state index in [-0.39, 0.29) is 11.9 Å². The highest BCUT2D eigenvalue weighted by Crippen LogP contribution is 2.21. The second-order valence-corrected chi connectivity index (χ2v) is 7.96. The monoisotopic (exact) mass is 385 g/mol. The minimum Gasteiger partial charge on any atom is -0.356 e. The van der Waals surface area contributed by atoms with E-state index >= 15 is 0 Å². The number of carbonyl (C=O) groups excluding carboxylic acids is 2. The van der Waals surface area contributed by atoms with Crippen LogP contribution in [0.15, 0.2) is 41.1 Å². The first-order valence-electron chi connectivity index (χ1n) is 9.50. The number of piperidine rings is 1. The number of benzene rings is 1. The van der Waals surface area contributed by atoms with E-state index in [1.807, 2.05) is 52.9 Å². The van der Waals surface area contributed by atoms with Crippen LogP contribution in [0.5, 0.6) is 0 Å². The second-order valence-electron chi connectivity index (χ2n) is 7.18. The normalized spacial score (nSPS) is 14.8. The van der Waals surface area contributed by atoms with Crippen molar-refractivity contribution in [1.29, 1.82) is 0 Å². The first-order chi connectivity index (χ1) is 13.1. The second kappa shape index (κ2) is 9.55. The van der Waals surface area contributed by atoms with Gasteiger partial charge in [0.15, 0.2) is 0 Å². The third-order valence-corrected chi connectivity index (χ3v) is 5.72. The maximum Gasteiger partial charge on any atom is 0.321 e. The Bertz CT molecular complexity index is 753. The summed E-state index contributed by atoms with van der Waals surface area (Å²) in [6.45, 7) is 4.26. The first kappa shape index (κ1) is 19.4. The Balaban J connectivity index is 1.33. The Hall–Kier alpha value is -2.34. The molecule has 0 atom stereocenters. The molecule has 1 aromatic heterocycles. The topological polar surface area (TPSA) is 61.4 Å². The fraction of sp³-hybridized carbons (Fsp3) is 0.429. The van der Waals surface area contributed by atoms with Gasteiger partial charge in [-0.2, -0.15) is 11.3 Å². The summed E-state index contributed by atoms with van der Waals surface area (Å²) in [5.41, 5.74) is 3.05. The van der Waals surface area contributed by atoms with Crippen LogP contribution < -0.4 is 10.6 Å². The predicted octanol–water partition coefficient (Wildman–Crippen LogP) is 4.05. The number of anilines is 1. The van der Waals surface area contributed by atoms with E-state index in [9.17, 15) is 9.59 Å². The number of likely N-dealkylation sites (tertiary alicyclic amines) is 1. The molecule has 3 amide bonds. The average molecular weight is 386 g/mol. The lowest BCUT2D eigenvalue weighted by Gasteiger charge is -2.32. The molecule has 1 aliphatic rings. The van der Waals surface area contributed by atoms with Gasteiger partial charge < -0.3 is 15.5 Å². The predicted molar refractivity (Wildman–Crippen MR) is 110 cm³/mol. The molecule has 2 N–H and O–H groups in total. The summed E-state index contributed by atoms with van der Waals surface area (Å²) >= 11 is 1.61. The van der Waals surface area contributed by atoms with Crippen molar-refractivity contribution in [2.75, 3.05) is 25.0 Å². The highest BCUT2D eigenvalue weighted by Gasteiger charge is 2.22. The number of rotatable bonds is 6. The zero-order chi connectivity index (χ0) is 19.1. The van der Waals surface area contributed by atoms with E-state index in [0.717, 1.165) is 49.2 Å². The molecule has 0 bridgehead atoms. The van der Waals surface area contributed by atoms with Gasteiger partial charge in [0.05, 0.1) is 6.42 Å². The van der Waals surface area contributed by atoms with Gasteiger partial charge in [-0.25, -0.2) is 4.79 Å². The van der Waals surface area contributed by atoms with Crippen LogP contribution in [0, 0.1) is 12.8 Å². The fourth-order valence-electron chi connectivity index (χ4n) is 3.41. The molecular formula is C21H27N3O2S. The van der Waals surface area contributed by atoms with Crippen molar-refractivity contribution in [3.63, 3.8) is 0 Å². The zero-order valence-corrected chi connectivity index (χ0v) is 16.6. The molecule has 1 fully saturated rings. The quantitative estimate of drug-likeness (QED) is 0.788. The summed E-state index contributed by atoms with van der Waals surface area (Å²) in [4.78, 5) is 26.2. The molecule has 2 heterocycles. The maximum absolute atomic E-state index is 12.4. The smallest absolute Gasteiger partial charge is 0.321 e. The average Bonchev–Trinajstić information content (AvgIpc) is 3.15. The lowest BCUT2D eigenvalue weighted by Crippen LogP contribution is -2.41. The van der Waals surface area contributed by atoms with Crippen LogP contribution in [-0.2, 0) is 11.2 Å². The van der Waals surface area contributed by atoms with E-state index in [1.54, 1.807) is 11.3 Å². The number of carbonyl (C=O) groups is 2. The summed E-state index contributed by atoms with van der Waals surface area (Å²) in [5, 5.41) is 9.99. The number of amides is 3. The molecule has 1 aliphatic heterocycles. The van der Waals surface area contributed by atoms with Crippen LogP contribution >= 0.6 is 11.3 Å². The number of urea groups is 1. The molecule has 2 aromatic rings. The molecule has 27 heavy (non-hydrogen) atoms. The SMILES string of the molecule is Cc1cccc(NC(=O)N2CCC(CCNC(=O)Cc3ccsc3)CC2)c1. The van der Waals surface area contributed by atoms with E-state index < -0.39 is 0 Å². The van der Waals surface area contributed by atoms with Gasteiger partial charge in [-0.15, -0.1) is 0 Å². The van der Waals surface area contributed by atoms with Crippen molar-refractivity contribution < 1.29 is 9.59 Å². The molecule has 1 aromatic carbocycles. The van der Waals surface area contributed by atoms with Crippen LogP contribution in [0.4, 0.5) is 10.5 Å². The van der Waals surface area contributed by atoms with Gasteiger partial charge in [-0.05, 0) is 72.2 Å². The lowest BCUT2D eigenvalue weighted by molar-refractivity contribution is -0.120. The van der Waals surface area contributed by atoms with Crippen molar-refractivity contribution in [2.45, 2.75) is 32.6 Å². The minimum absolute atomic E-state index is 0.0249. The Kier molecular flexibility index (Phi) is 6.87. The summed E-state index contributed by atoms with van der Waals surface area (Å²) in [5.74, 6) is 0.651. The largest absolute Gasteiger partial charge is 0.356 e. The summed E-state index contributed by atoms with van der Waals surface area (Å²) in [7, 11) is 0. The third kappa shape index (κ3) is 6.10. The van der Waals surface area contributed by atoms with Crippen molar-refractivity contribution in [1.82, 2.24) is 10.2 Å². The van der Waals surface area contributed by atoms with Crippen molar-refractivity contribution in [3.8, 4) is 0 Å². The summed E-state index contributed by atoms with van der Waals surface area (Å²) in [6, 6.07) is 9.81. The zero-order valence-electron chi connectivity index (χ0n) is 15.7. The fourth-order valence-corrected chi connectivity index (χ4v) is 4.08. The van der Waals surface area contributed by atoms with Crippen LogP contribution in [-0.4, -0.2) is 36.5 Å². The van der Waals surface area contributed by atoms with E-state index in [4.69, 9.17) is 0 Å². The standard InChI is InChI=1S/C21H27N3O2S/c1-16-3-2-4-19(13-16)23-21(26)24-10-6-17(7-11-24)5-9-22-20(25)14-18-8-12-27-15-18/h2-4,8,12-13,15,17H,5-7,9-11,14H2,1H3,(H,22,25)(H,23,26). The summed E-state index contributed by atoms with van der Waals surface area (Å²) < 4.78 is 0. The first-order valence-corrected chi connectivity index (χ1v) is 10.4. The molecule has 1 saturated heterocycles. The Labute approximate surface area is 164 Å². The van der Waals surface area contributed by atoms with Crippen molar-refractivity contribution in [2.24, 2.45) is 5.92 Å². The molecule has 0 radical (unpaired) electrons. The number of aryl methyl sites for hydroxylation is 1. The lowest BCUT2D eigenvalue weighted by atomic mass is 9.93. The highest BCUT2D eigenvalue weighted by atomic mass is 32.1. The summed E-state index contributed by atoms with van der Waals surface area (Å²) in [6.07, 6.45) is 3.41. The Morgan fingerprint density at radius 3 is 2.74 bits per heavy atom. The third-order valence-electron chi connectivity index (χ3n) is 4.99. The van der Waals surface area contributed by atoms with Crippen LogP contribution in [0.25, 0.3) is 0 Å². The molecule has 5 nitrogen and oxygen atoms in total. The molecule has 144 valence electrons. The molecule has 0 spiro atoms. The van der Waals surface area contributed by atoms with E-state index in [1.165, 1.54) is 0 Å². The minimum atomic E-state index is -0.0249. The molecule has 0 saturated carbocycles. The maximum atomic E-state index is 12.4. The molecular weight excluding hydrogens is 358 g/mol. The number of nitrogens with zero attached hydrogens (tertiary/aromatic N) is 1. The van der Waals surface area contributed by atoms with Gasteiger partial charge in [-0.3, -0.25) is 4.79 Å². The molecule has 6 heteroatoms. The Morgan fingerprint density at radius 2 is 2.04 bits per heavy atom. The van der Waals surface area contributed by atoms with E-state index in [2.05, 4.69) is 10.6 Å². The van der Waals surface area contributed by atoms with Gasteiger partial charge in [0.1, 0.15) is 0 Å². The van der Waals surface area contributed by atoms with Gasteiger partial charge in [0.25, 0.3) is 0 Å². The number of hydrogen-bond acceptors (Lipinski definition) is 3. The Morgan fingerprint density at radius 1 is 1.22 bits per heavy atom.